The van der Waals surface area contributed by atoms with E-state index < -0.39 is 17.5 Å². The molecular formula is C25H38O5. The van der Waals surface area contributed by atoms with E-state index in [0.29, 0.717) is 24.7 Å². The first kappa shape index (κ1) is 24.4. The van der Waals surface area contributed by atoms with Crippen LogP contribution >= 0.6 is 0 Å². The van der Waals surface area contributed by atoms with Gasteiger partial charge in [-0.05, 0) is 69.3 Å². The number of aliphatic hydroxyl groups is 1. The Balaban J connectivity index is 2.14. The van der Waals surface area contributed by atoms with E-state index in [1.54, 1.807) is 0 Å². The summed E-state index contributed by atoms with van der Waals surface area (Å²) in [6, 6.07) is 0. The van der Waals surface area contributed by atoms with Crippen LogP contribution in [-0.4, -0.2) is 34.4 Å². The van der Waals surface area contributed by atoms with Crippen molar-refractivity contribution in [3.8, 4) is 0 Å². The molecule has 0 amide bonds. The third-order valence-corrected chi connectivity index (χ3v) is 6.79. The highest BCUT2D eigenvalue weighted by Gasteiger charge is 2.42. The van der Waals surface area contributed by atoms with Crippen LogP contribution in [0.15, 0.2) is 36.0 Å². The normalized spacial score (nSPS) is 29.9. The van der Waals surface area contributed by atoms with Crippen molar-refractivity contribution in [3.63, 3.8) is 0 Å². The number of esters is 1. The van der Waals surface area contributed by atoms with E-state index in [9.17, 15) is 14.7 Å². The molecule has 0 bridgehead atoms. The van der Waals surface area contributed by atoms with Crippen LogP contribution in [0.3, 0.4) is 0 Å². The van der Waals surface area contributed by atoms with E-state index in [2.05, 4.69) is 32.1 Å². The van der Waals surface area contributed by atoms with Crippen molar-refractivity contribution in [2.45, 2.75) is 78.9 Å². The first-order valence-corrected chi connectivity index (χ1v) is 11.2. The minimum atomic E-state index is -1.00. The molecule has 5 heteroatoms. The van der Waals surface area contributed by atoms with E-state index in [-0.39, 0.29) is 23.9 Å². The molecule has 30 heavy (non-hydrogen) atoms. The van der Waals surface area contributed by atoms with Gasteiger partial charge in [-0.25, -0.2) is 4.79 Å². The first-order valence-electron chi connectivity index (χ1n) is 11.2. The summed E-state index contributed by atoms with van der Waals surface area (Å²) in [5.41, 5.74) is 0.743. The van der Waals surface area contributed by atoms with Gasteiger partial charge < -0.3 is 14.9 Å². The molecule has 2 aliphatic carbocycles. The number of carbonyl (C=O) groups is 2. The zero-order valence-electron chi connectivity index (χ0n) is 19.0. The van der Waals surface area contributed by atoms with Gasteiger partial charge in [0.2, 0.25) is 0 Å². The summed E-state index contributed by atoms with van der Waals surface area (Å²) in [7, 11) is 0. The van der Waals surface area contributed by atoms with E-state index in [1.165, 1.54) is 11.6 Å². The van der Waals surface area contributed by atoms with Gasteiger partial charge in [0.15, 0.2) is 0 Å². The first-order chi connectivity index (χ1) is 14.0. The van der Waals surface area contributed by atoms with Crippen LogP contribution in [0.2, 0.25) is 0 Å². The minimum Gasteiger partial charge on any atom is -0.478 e. The highest BCUT2D eigenvalue weighted by Crippen LogP contribution is 2.45. The molecule has 0 radical (unpaired) electrons. The lowest BCUT2D eigenvalue weighted by atomic mass is 9.65. The number of carboxylic acids is 1. The predicted octanol–water partition coefficient (Wildman–Crippen LogP) is 4.91. The van der Waals surface area contributed by atoms with Gasteiger partial charge in [0.1, 0.15) is 6.10 Å². The Kier molecular flexibility index (Phi) is 8.48. The maximum atomic E-state index is 12.8. The summed E-state index contributed by atoms with van der Waals surface area (Å²) in [4.78, 5) is 23.4. The summed E-state index contributed by atoms with van der Waals surface area (Å²) < 4.78 is 6.11. The van der Waals surface area contributed by atoms with Crippen molar-refractivity contribution < 1.29 is 24.5 Å². The second-order valence-electron chi connectivity index (χ2n) is 9.68. The van der Waals surface area contributed by atoms with Gasteiger partial charge in [-0.1, -0.05) is 45.1 Å². The number of hydrogen-bond acceptors (Lipinski definition) is 4. The second-order valence-corrected chi connectivity index (χ2v) is 9.68. The number of carbonyl (C=O) groups excluding carboxylic acids is 1. The molecule has 0 fully saturated rings. The van der Waals surface area contributed by atoms with Gasteiger partial charge in [-0.3, -0.25) is 4.79 Å². The number of ether oxygens (including phenoxy) is 1. The Morgan fingerprint density at radius 3 is 2.67 bits per heavy atom. The molecule has 0 aliphatic heterocycles. The van der Waals surface area contributed by atoms with Crippen molar-refractivity contribution >= 4 is 11.9 Å². The predicted molar refractivity (Wildman–Crippen MR) is 118 cm³/mol. The molecule has 5 nitrogen and oxygen atoms in total. The average Bonchev–Trinajstić information content (AvgIpc) is 2.66. The van der Waals surface area contributed by atoms with Crippen LogP contribution in [0.1, 0.15) is 66.7 Å². The molecule has 0 unspecified atom stereocenters. The number of aliphatic hydroxyl groups excluding tert-OH is 1. The number of fused-ring (bicyclic) bond motifs is 1. The summed E-state index contributed by atoms with van der Waals surface area (Å²) in [5, 5.41) is 19.0. The monoisotopic (exact) mass is 418 g/mol. The molecule has 6 atom stereocenters. The zero-order chi connectivity index (χ0) is 22.5. The maximum Gasteiger partial charge on any atom is 0.327 e. The Morgan fingerprint density at radius 2 is 2.03 bits per heavy atom. The molecule has 168 valence electrons. The quantitative estimate of drug-likeness (QED) is 0.410. The topological polar surface area (TPSA) is 83.8 Å². The van der Waals surface area contributed by atoms with Crippen molar-refractivity contribution in [2.24, 2.45) is 29.1 Å². The van der Waals surface area contributed by atoms with Crippen LogP contribution in [-0.2, 0) is 14.3 Å². The number of aliphatic carboxylic acids is 1. The highest BCUT2D eigenvalue weighted by molar-refractivity contribution is 5.79. The third kappa shape index (κ3) is 6.31. The Bertz CT molecular complexity index is 702. The van der Waals surface area contributed by atoms with Crippen LogP contribution in [0.4, 0.5) is 0 Å². The average molecular weight is 419 g/mol. The minimum absolute atomic E-state index is 0.136. The van der Waals surface area contributed by atoms with E-state index in [1.807, 2.05) is 20.8 Å². The summed E-state index contributed by atoms with van der Waals surface area (Å²) >= 11 is 0. The largest absolute Gasteiger partial charge is 0.478 e. The number of hydrogen-bond donors (Lipinski definition) is 2. The van der Waals surface area contributed by atoms with Crippen LogP contribution < -0.4 is 0 Å². The van der Waals surface area contributed by atoms with Crippen molar-refractivity contribution in [2.75, 3.05) is 0 Å². The number of rotatable bonds is 9. The van der Waals surface area contributed by atoms with E-state index >= 15 is 0 Å². The smallest absolute Gasteiger partial charge is 0.327 e. The van der Waals surface area contributed by atoms with Crippen molar-refractivity contribution in [1.29, 1.82) is 0 Å². The molecule has 0 spiro atoms. The lowest BCUT2D eigenvalue weighted by Crippen LogP contribution is -2.43. The van der Waals surface area contributed by atoms with Crippen LogP contribution in [0.25, 0.3) is 0 Å². The molecule has 2 N–H and O–H groups in total. The lowest BCUT2D eigenvalue weighted by molar-refractivity contribution is -0.164. The van der Waals surface area contributed by atoms with Crippen LogP contribution in [0, 0.1) is 29.1 Å². The Hall–Kier alpha value is -1.88. The molecule has 0 saturated carbocycles. The summed E-state index contributed by atoms with van der Waals surface area (Å²) in [5.74, 6) is -0.0526. The van der Waals surface area contributed by atoms with Gasteiger partial charge in [-0.15, -0.1) is 0 Å². The second kappa shape index (κ2) is 10.4. The summed E-state index contributed by atoms with van der Waals surface area (Å²) in [6.45, 7) is 10.2. The molecule has 0 aromatic carbocycles. The van der Waals surface area contributed by atoms with Crippen molar-refractivity contribution in [1.82, 2.24) is 0 Å². The molecule has 0 heterocycles. The molecular weight excluding hydrogens is 380 g/mol. The highest BCUT2D eigenvalue weighted by atomic mass is 16.5. The third-order valence-electron chi connectivity index (χ3n) is 6.79. The Labute approximate surface area is 180 Å². The summed E-state index contributed by atoms with van der Waals surface area (Å²) in [6.07, 6.45) is 11.8. The fraction of sp³-hybridized carbons (Fsp3) is 0.680. The van der Waals surface area contributed by atoms with Gasteiger partial charge in [0.05, 0.1) is 11.5 Å². The molecule has 0 saturated heterocycles. The molecule has 2 rings (SSSR count). The Morgan fingerprint density at radius 1 is 1.33 bits per heavy atom. The van der Waals surface area contributed by atoms with Gasteiger partial charge in [-0.2, -0.15) is 0 Å². The maximum absolute atomic E-state index is 12.8. The van der Waals surface area contributed by atoms with E-state index in [4.69, 9.17) is 9.84 Å². The van der Waals surface area contributed by atoms with Gasteiger partial charge >= 0.3 is 11.9 Å². The molecule has 0 aromatic rings. The lowest BCUT2D eigenvalue weighted by Gasteiger charge is -2.43. The molecule has 2 aliphatic rings. The van der Waals surface area contributed by atoms with Crippen molar-refractivity contribution in [3.05, 3.63) is 36.0 Å². The van der Waals surface area contributed by atoms with Gasteiger partial charge in [0.25, 0.3) is 0 Å². The van der Waals surface area contributed by atoms with Crippen LogP contribution in [0.5, 0.6) is 0 Å². The zero-order valence-corrected chi connectivity index (χ0v) is 19.0. The number of allylic oxidation sites excluding steroid dienone is 3. The van der Waals surface area contributed by atoms with Gasteiger partial charge in [0, 0.05) is 12.0 Å². The number of carboxylic acid groups (broad SMARTS) is 1. The molecule has 0 aromatic heterocycles. The standard InChI is InChI=1S/C25H38O5/c1-6-25(4,5)24(29)30-21-15-16(2)14-18-11-10-17(3)20(23(18)21)13-12-19(26)8-7-9-22(27)28/h7,9-11,14,16-17,19-21,23,26H,6,8,12-13,15H2,1-5H3,(H,27,28)/b9-7+/t16-,17-,19+,20-,21-,23-/m0/s1. The fourth-order valence-corrected chi connectivity index (χ4v) is 4.49. The fourth-order valence-electron chi connectivity index (χ4n) is 4.49. The van der Waals surface area contributed by atoms with E-state index in [0.717, 1.165) is 25.3 Å². The SMILES string of the molecule is CCC(C)(C)C(=O)O[C@H]1C[C@@H](C)C=C2C=C[C@H](C)[C@H](CC[C@H](O)C/C=C/C(=O)O)[C@H]21.